The van der Waals surface area contributed by atoms with E-state index in [2.05, 4.69) is 18.7 Å². The third-order valence-corrected chi connectivity index (χ3v) is 9.13. The minimum absolute atomic E-state index is 0.0404. The van der Waals surface area contributed by atoms with Gasteiger partial charge in [-0.05, 0) is 101 Å². The summed E-state index contributed by atoms with van der Waals surface area (Å²) in [5.41, 5.74) is 3.42. The van der Waals surface area contributed by atoms with Crippen LogP contribution in [0.1, 0.15) is 59.8 Å². The van der Waals surface area contributed by atoms with Crippen LogP contribution in [0.15, 0.2) is 59.1 Å². The lowest BCUT2D eigenvalue weighted by molar-refractivity contribution is 0.103. The molecular weight excluding hydrogens is 496 g/mol. The predicted molar refractivity (Wildman–Crippen MR) is 151 cm³/mol. The zero-order chi connectivity index (χ0) is 27.8. The molecule has 0 spiro atoms. The Morgan fingerprint density at radius 3 is 2.26 bits per heavy atom. The Bertz CT molecular complexity index is 1530. The molecule has 1 aromatic heterocycles. The maximum Gasteiger partial charge on any atom is 0.268 e. The molecule has 2 aromatic carbocycles. The number of carbonyl (C=O) groups excluding carboxylic acids is 1. The van der Waals surface area contributed by atoms with E-state index in [0.29, 0.717) is 22.9 Å². The molecule has 0 amide bonds. The second kappa shape index (κ2) is 10.8. The van der Waals surface area contributed by atoms with Crippen LogP contribution in [0.25, 0.3) is 10.9 Å². The molecule has 0 unspecified atom stereocenters. The van der Waals surface area contributed by atoms with E-state index in [0.717, 1.165) is 46.6 Å². The van der Waals surface area contributed by atoms with Crippen molar-refractivity contribution in [2.24, 2.45) is 0 Å². The number of allylic oxidation sites excluding steroid dienone is 1. The number of Topliss-reactive ketones (excluding diaryl/α,β-unsaturated/α-hetero) is 1. The van der Waals surface area contributed by atoms with Crippen LogP contribution in [-0.2, 0) is 10.0 Å². The second-order valence-electron chi connectivity index (χ2n) is 10.7. The Morgan fingerprint density at radius 1 is 1.08 bits per heavy atom. The average Bonchev–Trinajstić information content (AvgIpc) is 3.25. The number of nitrogens with zero attached hydrogens (tertiary/aromatic N) is 4. The van der Waals surface area contributed by atoms with E-state index in [4.69, 9.17) is 0 Å². The molecule has 0 bridgehead atoms. The highest BCUT2D eigenvalue weighted by Gasteiger charge is 2.30. The fourth-order valence-corrected chi connectivity index (χ4v) is 6.80. The lowest BCUT2D eigenvalue weighted by atomic mass is 9.86. The van der Waals surface area contributed by atoms with E-state index >= 15 is 0 Å². The Morgan fingerprint density at radius 2 is 1.71 bits per heavy atom. The molecule has 0 saturated carbocycles. The fourth-order valence-electron chi connectivity index (χ4n) is 5.30. The zero-order valence-corrected chi connectivity index (χ0v) is 23.8. The number of aryl methyl sites for hydroxylation is 2. The molecule has 2 heterocycles. The summed E-state index contributed by atoms with van der Waals surface area (Å²) in [4.78, 5) is 17.8. The van der Waals surface area contributed by atoms with Crippen molar-refractivity contribution in [1.29, 1.82) is 5.26 Å². The molecule has 7 nitrogen and oxygen atoms in total. The van der Waals surface area contributed by atoms with E-state index in [9.17, 15) is 18.5 Å². The number of aromatic nitrogens is 1. The SMILES string of the molecule is Cc1ccc(S(=O)(=O)n2c(C(=O)/C(C#N)=C/N(C)C)cc3cc(C)c(C4CCN(C(C)C)CC4)cc32)cc1. The summed E-state index contributed by atoms with van der Waals surface area (Å²) in [5.74, 6) is -0.320. The van der Waals surface area contributed by atoms with E-state index in [1.54, 1.807) is 49.3 Å². The quantitative estimate of drug-likeness (QED) is 0.235. The second-order valence-corrected chi connectivity index (χ2v) is 12.5. The van der Waals surface area contributed by atoms with Crippen LogP contribution in [0.3, 0.4) is 0 Å². The monoisotopic (exact) mass is 532 g/mol. The number of ketones is 1. The van der Waals surface area contributed by atoms with Crippen molar-refractivity contribution in [3.63, 3.8) is 0 Å². The topological polar surface area (TPSA) is 86.4 Å². The van der Waals surface area contributed by atoms with Crippen LogP contribution in [-0.4, -0.2) is 61.2 Å². The highest BCUT2D eigenvalue weighted by molar-refractivity contribution is 7.90. The number of carbonyl (C=O) groups is 1. The number of piperidine rings is 1. The summed E-state index contributed by atoms with van der Waals surface area (Å²) in [6.07, 6.45) is 3.40. The number of hydrogen-bond donors (Lipinski definition) is 0. The summed E-state index contributed by atoms with van der Waals surface area (Å²) in [6.45, 7) is 10.3. The summed E-state index contributed by atoms with van der Waals surface area (Å²) in [7, 11) is -0.704. The van der Waals surface area contributed by atoms with Crippen molar-refractivity contribution < 1.29 is 13.2 Å². The third-order valence-electron chi connectivity index (χ3n) is 7.39. The van der Waals surface area contributed by atoms with Crippen molar-refractivity contribution in [1.82, 2.24) is 13.8 Å². The molecule has 1 aliphatic rings. The summed E-state index contributed by atoms with van der Waals surface area (Å²) >= 11 is 0. The molecule has 38 heavy (non-hydrogen) atoms. The van der Waals surface area contributed by atoms with Gasteiger partial charge in [0.1, 0.15) is 17.3 Å². The van der Waals surface area contributed by atoms with Crippen LogP contribution >= 0.6 is 0 Å². The Balaban J connectivity index is 1.93. The van der Waals surface area contributed by atoms with E-state index in [1.165, 1.54) is 6.20 Å². The van der Waals surface area contributed by atoms with Gasteiger partial charge in [-0.15, -0.1) is 0 Å². The van der Waals surface area contributed by atoms with Gasteiger partial charge in [-0.1, -0.05) is 17.7 Å². The molecule has 1 aliphatic heterocycles. The maximum atomic E-state index is 14.1. The molecule has 8 heteroatoms. The van der Waals surface area contributed by atoms with Crippen LogP contribution in [0.5, 0.6) is 0 Å². The lowest BCUT2D eigenvalue weighted by Gasteiger charge is -2.35. The van der Waals surface area contributed by atoms with Gasteiger partial charge in [0.2, 0.25) is 5.78 Å². The largest absolute Gasteiger partial charge is 0.382 e. The molecule has 0 N–H and O–H groups in total. The molecule has 200 valence electrons. The first-order chi connectivity index (χ1) is 17.9. The zero-order valence-electron chi connectivity index (χ0n) is 23.0. The van der Waals surface area contributed by atoms with Crippen LogP contribution < -0.4 is 0 Å². The smallest absolute Gasteiger partial charge is 0.268 e. The van der Waals surface area contributed by atoms with Crippen molar-refractivity contribution in [3.05, 3.63) is 76.6 Å². The fraction of sp³-hybridized carbons (Fsp3) is 0.400. The van der Waals surface area contributed by atoms with Crippen molar-refractivity contribution in [3.8, 4) is 6.07 Å². The van der Waals surface area contributed by atoms with Gasteiger partial charge in [-0.3, -0.25) is 4.79 Å². The lowest BCUT2D eigenvalue weighted by Crippen LogP contribution is -2.37. The molecule has 0 radical (unpaired) electrons. The number of rotatable bonds is 7. The number of likely N-dealkylation sites (tertiary alicyclic amines) is 1. The first kappa shape index (κ1) is 27.6. The third kappa shape index (κ3) is 5.27. The standard InChI is InChI=1S/C30H36N4O3S/c1-20(2)33-13-11-23(12-14-33)27-17-28-24(15-22(27)4)16-29(30(35)25(18-31)19-32(5)6)34(28)38(36,37)26-9-7-21(3)8-10-26/h7-10,15-17,19-20,23H,11-14H2,1-6H3/b25-19+. The van der Waals surface area contributed by atoms with Crippen LogP contribution in [0, 0.1) is 25.2 Å². The van der Waals surface area contributed by atoms with Crippen LogP contribution in [0.2, 0.25) is 0 Å². The molecule has 1 fully saturated rings. The summed E-state index contributed by atoms with van der Waals surface area (Å²) in [6, 6.07) is 14.6. The molecule has 4 rings (SSSR count). The van der Waals surface area contributed by atoms with Crippen molar-refractivity contribution in [2.45, 2.75) is 57.4 Å². The Kier molecular flexibility index (Phi) is 7.82. The first-order valence-electron chi connectivity index (χ1n) is 13.0. The number of hydrogen-bond acceptors (Lipinski definition) is 6. The van der Waals surface area contributed by atoms with Gasteiger partial charge in [0, 0.05) is 31.7 Å². The van der Waals surface area contributed by atoms with Crippen LogP contribution in [0.4, 0.5) is 0 Å². The molecule has 0 atom stereocenters. The molecule has 1 saturated heterocycles. The maximum absolute atomic E-state index is 14.1. The van der Waals surface area contributed by atoms with Gasteiger partial charge in [0.05, 0.1) is 10.4 Å². The van der Waals surface area contributed by atoms with E-state index < -0.39 is 15.8 Å². The van der Waals surface area contributed by atoms with Crippen molar-refractivity contribution in [2.75, 3.05) is 27.2 Å². The number of benzene rings is 2. The summed E-state index contributed by atoms with van der Waals surface area (Å²) in [5, 5.41) is 10.4. The number of fused-ring (bicyclic) bond motifs is 1. The first-order valence-corrected chi connectivity index (χ1v) is 14.4. The highest BCUT2D eigenvalue weighted by atomic mass is 32.2. The van der Waals surface area contributed by atoms with Gasteiger partial charge in [0.25, 0.3) is 10.0 Å². The minimum atomic E-state index is -4.13. The van der Waals surface area contributed by atoms with E-state index in [-0.39, 0.29) is 16.2 Å². The predicted octanol–water partition coefficient (Wildman–Crippen LogP) is 5.23. The van der Waals surface area contributed by atoms with Gasteiger partial charge >= 0.3 is 0 Å². The Hall–Kier alpha value is -3.41. The van der Waals surface area contributed by atoms with Gasteiger partial charge in [-0.25, -0.2) is 12.4 Å². The Labute approximate surface area is 226 Å². The van der Waals surface area contributed by atoms with Gasteiger partial charge in [-0.2, -0.15) is 5.26 Å². The van der Waals surface area contributed by atoms with Gasteiger partial charge < -0.3 is 9.80 Å². The molecule has 3 aromatic rings. The molecular formula is C30H36N4O3S. The normalized spacial score (nSPS) is 15.7. The molecule has 0 aliphatic carbocycles. The highest BCUT2D eigenvalue weighted by Crippen LogP contribution is 2.36. The van der Waals surface area contributed by atoms with Crippen molar-refractivity contribution >= 4 is 26.7 Å². The van der Waals surface area contributed by atoms with E-state index in [1.807, 2.05) is 32.0 Å². The van der Waals surface area contributed by atoms with Gasteiger partial charge in [0.15, 0.2) is 0 Å². The summed E-state index contributed by atoms with van der Waals surface area (Å²) < 4.78 is 29.3. The average molecular weight is 533 g/mol. The number of nitriles is 1. The minimum Gasteiger partial charge on any atom is -0.382 e.